The first-order valence-electron chi connectivity index (χ1n) is 5.72. The number of nitrogens with two attached hydrogens (primary N) is 1. The Bertz CT molecular complexity index is 325. The molecule has 0 aliphatic rings. The molecule has 1 rings (SSSR count). The first kappa shape index (κ1) is 13.2. The summed E-state index contributed by atoms with van der Waals surface area (Å²) in [5.41, 5.74) is 7.27. The van der Waals surface area contributed by atoms with E-state index in [-0.39, 0.29) is 0 Å². The fourth-order valence-electron chi connectivity index (χ4n) is 1.65. The lowest BCUT2D eigenvalue weighted by molar-refractivity contribution is 0.0150. The van der Waals surface area contributed by atoms with Gasteiger partial charge in [-0.2, -0.15) is 0 Å². The van der Waals surface area contributed by atoms with E-state index in [2.05, 4.69) is 13.8 Å². The van der Waals surface area contributed by atoms with Gasteiger partial charge in [0.15, 0.2) is 0 Å². The first-order valence-corrected chi connectivity index (χ1v) is 5.72. The van der Waals surface area contributed by atoms with Crippen molar-refractivity contribution < 1.29 is 10.2 Å². The van der Waals surface area contributed by atoms with Crippen molar-refractivity contribution in [3.8, 4) is 0 Å². The van der Waals surface area contributed by atoms with Gasteiger partial charge < -0.3 is 15.9 Å². The van der Waals surface area contributed by atoms with Gasteiger partial charge in [-0.1, -0.05) is 38.1 Å². The molecule has 0 radical (unpaired) electrons. The maximum Gasteiger partial charge on any atom is 0.105 e. The molecule has 2 unspecified atom stereocenters. The molecule has 1 aromatic rings. The molecule has 0 heterocycles. The summed E-state index contributed by atoms with van der Waals surface area (Å²) in [5.74, 6) is 0.416. The summed E-state index contributed by atoms with van der Waals surface area (Å²) in [5, 5.41) is 19.6. The van der Waals surface area contributed by atoms with Crippen LogP contribution in [0.2, 0.25) is 0 Å². The Morgan fingerprint density at radius 1 is 1.19 bits per heavy atom. The largest absolute Gasteiger partial charge is 0.390 e. The first-order chi connectivity index (χ1) is 7.56. The van der Waals surface area contributed by atoms with Gasteiger partial charge in [0.2, 0.25) is 0 Å². The molecule has 4 N–H and O–H groups in total. The lowest BCUT2D eigenvalue weighted by atomic mass is 9.96. The SMILES string of the molecule is CC(C)c1cccc(C(O)C(O)CCN)c1. The topological polar surface area (TPSA) is 66.5 Å². The fourth-order valence-corrected chi connectivity index (χ4v) is 1.65. The van der Waals surface area contributed by atoms with Gasteiger partial charge in [0.25, 0.3) is 0 Å². The second kappa shape index (κ2) is 5.99. The molecular weight excluding hydrogens is 202 g/mol. The van der Waals surface area contributed by atoms with Crippen molar-refractivity contribution in [2.75, 3.05) is 6.54 Å². The molecule has 0 aliphatic carbocycles. The highest BCUT2D eigenvalue weighted by Crippen LogP contribution is 2.23. The van der Waals surface area contributed by atoms with Gasteiger partial charge in [-0.3, -0.25) is 0 Å². The highest BCUT2D eigenvalue weighted by Gasteiger charge is 2.17. The molecule has 16 heavy (non-hydrogen) atoms. The number of aliphatic hydroxyl groups excluding tert-OH is 2. The summed E-state index contributed by atoms with van der Waals surface area (Å²) in [6.45, 7) is 4.58. The van der Waals surface area contributed by atoms with Crippen LogP contribution in [0.3, 0.4) is 0 Å². The maximum absolute atomic E-state index is 9.92. The van der Waals surface area contributed by atoms with Crippen molar-refractivity contribution in [1.29, 1.82) is 0 Å². The van der Waals surface area contributed by atoms with Gasteiger partial charge in [0.05, 0.1) is 6.10 Å². The van der Waals surface area contributed by atoms with E-state index in [0.29, 0.717) is 18.9 Å². The molecule has 0 aromatic heterocycles. The molecule has 0 fully saturated rings. The summed E-state index contributed by atoms with van der Waals surface area (Å²) < 4.78 is 0. The summed E-state index contributed by atoms with van der Waals surface area (Å²) in [4.78, 5) is 0. The van der Waals surface area contributed by atoms with Crippen molar-refractivity contribution in [2.45, 2.75) is 38.4 Å². The average molecular weight is 223 g/mol. The third-order valence-electron chi connectivity index (χ3n) is 2.75. The van der Waals surface area contributed by atoms with Crippen LogP contribution in [0, 0.1) is 0 Å². The molecule has 0 spiro atoms. The lowest BCUT2D eigenvalue weighted by Gasteiger charge is -2.18. The van der Waals surface area contributed by atoms with Crippen molar-refractivity contribution in [3.63, 3.8) is 0 Å². The van der Waals surface area contributed by atoms with Gasteiger partial charge in [-0.25, -0.2) is 0 Å². The third kappa shape index (κ3) is 3.30. The Labute approximate surface area is 96.9 Å². The predicted octanol–water partition coefficient (Wildman–Crippen LogP) is 1.55. The minimum atomic E-state index is -0.845. The normalized spacial score (nSPS) is 15.1. The fraction of sp³-hybridized carbons (Fsp3) is 0.538. The van der Waals surface area contributed by atoms with Crippen LogP contribution in [0.25, 0.3) is 0 Å². The van der Waals surface area contributed by atoms with Crippen LogP contribution in [0.1, 0.15) is 43.4 Å². The van der Waals surface area contributed by atoms with Gasteiger partial charge in [0, 0.05) is 0 Å². The highest BCUT2D eigenvalue weighted by atomic mass is 16.3. The Morgan fingerprint density at radius 3 is 2.38 bits per heavy atom. The molecule has 3 nitrogen and oxygen atoms in total. The quantitative estimate of drug-likeness (QED) is 0.709. The van der Waals surface area contributed by atoms with E-state index in [1.54, 1.807) is 0 Å². The smallest absolute Gasteiger partial charge is 0.105 e. The average Bonchev–Trinajstić information content (AvgIpc) is 2.28. The molecule has 2 atom stereocenters. The lowest BCUT2D eigenvalue weighted by Crippen LogP contribution is -2.21. The molecule has 0 saturated heterocycles. The van der Waals surface area contributed by atoms with Crippen molar-refractivity contribution in [1.82, 2.24) is 0 Å². The molecule has 90 valence electrons. The number of rotatable bonds is 5. The van der Waals surface area contributed by atoms with Crippen molar-refractivity contribution in [3.05, 3.63) is 35.4 Å². The van der Waals surface area contributed by atoms with Gasteiger partial charge in [-0.05, 0) is 30.0 Å². The molecule has 1 aromatic carbocycles. The van der Waals surface area contributed by atoms with E-state index < -0.39 is 12.2 Å². The molecule has 0 aliphatic heterocycles. The van der Waals surface area contributed by atoms with Crippen LogP contribution in [-0.4, -0.2) is 22.9 Å². The van der Waals surface area contributed by atoms with Crippen LogP contribution < -0.4 is 5.73 Å². The van der Waals surface area contributed by atoms with E-state index in [1.165, 1.54) is 0 Å². The molecule has 0 bridgehead atoms. The van der Waals surface area contributed by atoms with E-state index in [1.807, 2.05) is 24.3 Å². The summed E-state index contributed by atoms with van der Waals surface area (Å²) in [7, 11) is 0. The van der Waals surface area contributed by atoms with Crippen molar-refractivity contribution >= 4 is 0 Å². The standard InChI is InChI=1S/C13H21NO2/c1-9(2)10-4-3-5-11(8-10)13(16)12(15)6-7-14/h3-5,8-9,12-13,15-16H,6-7,14H2,1-2H3. The maximum atomic E-state index is 9.92. The second-order valence-corrected chi connectivity index (χ2v) is 4.41. The zero-order valence-corrected chi connectivity index (χ0v) is 9.93. The highest BCUT2D eigenvalue weighted by molar-refractivity contribution is 5.27. The van der Waals surface area contributed by atoms with Crippen LogP contribution in [0.4, 0.5) is 0 Å². The third-order valence-corrected chi connectivity index (χ3v) is 2.75. The van der Waals surface area contributed by atoms with Gasteiger partial charge in [0.1, 0.15) is 6.10 Å². The van der Waals surface area contributed by atoms with Crippen LogP contribution >= 0.6 is 0 Å². The van der Waals surface area contributed by atoms with E-state index >= 15 is 0 Å². The van der Waals surface area contributed by atoms with E-state index in [4.69, 9.17) is 5.73 Å². The Morgan fingerprint density at radius 2 is 1.81 bits per heavy atom. The minimum absolute atomic E-state index is 0.377. The Kier molecular flexibility index (Phi) is 4.93. The number of aliphatic hydroxyl groups is 2. The van der Waals surface area contributed by atoms with E-state index in [9.17, 15) is 10.2 Å². The monoisotopic (exact) mass is 223 g/mol. The summed E-state index contributed by atoms with van der Waals surface area (Å²) in [6.07, 6.45) is -1.22. The van der Waals surface area contributed by atoms with Crippen LogP contribution in [0.5, 0.6) is 0 Å². The van der Waals surface area contributed by atoms with E-state index in [0.717, 1.165) is 11.1 Å². The Hall–Kier alpha value is -0.900. The summed E-state index contributed by atoms with van der Waals surface area (Å²) in [6, 6.07) is 7.70. The van der Waals surface area contributed by atoms with Crippen LogP contribution in [0.15, 0.2) is 24.3 Å². The molecular formula is C13H21NO2. The van der Waals surface area contributed by atoms with Gasteiger partial charge >= 0.3 is 0 Å². The number of hydrogen-bond donors (Lipinski definition) is 3. The number of benzene rings is 1. The molecule has 0 amide bonds. The van der Waals surface area contributed by atoms with Gasteiger partial charge in [-0.15, -0.1) is 0 Å². The molecule has 3 heteroatoms. The minimum Gasteiger partial charge on any atom is -0.390 e. The second-order valence-electron chi connectivity index (χ2n) is 4.41. The zero-order chi connectivity index (χ0) is 12.1. The zero-order valence-electron chi connectivity index (χ0n) is 9.93. The molecule has 0 saturated carbocycles. The predicted molar refractivity (Wildman–Crippen MR) is 65.2 cm³/mol. The van der Waals surface area contributed by atoms with Crippen LogP contribution in [-0.2, 0) is 0 Å². The number of hydrogen-bond acceptors (Lipinski definition) is 3. The summed E-state index contributed by atoms with van der Waals surface area (Å²) >= 11 is 0. The van der Waals surface area contributed by atoms with Crippen molar-refractivity contribution in [2.24, 2.45) is 5.73 Å². The Balaban J connectivity index is 2.82.